The van der Waals surface area contributed by atoms with Gasteiger partial charge in [0.25, 0.3) is 0 Å². The molecule has 1 aliphatic heterocycles. The zero-order valence-corrected chi connectivity index (χ0v) is 8.63. The summed E-state index contributed by atoms with van der Waals surface area (Å²) in [5, 5.41) is 3.21. The topological polar surface area (TPSA) is 50.4 Å². The van der Waals surface area contributed by atoms with Crippen LogP contribution in [0.3, 0.4) is 0 Å². The van der Waals surface area contributed by atoms with Gasteiger partial charge < -0.3 is 11.1 Å². The highest BCUT2D eigenvalue weighted by Gasteiger charge is 2.10. The van der Waals surface area contributed by atoms with Gasteiger partial charge in [0.1, 0.15) is 5.84 Å². The van der Waals surface area contributed by atoms with E-state index in [9.17, 15) is 0 Å². The number of hydrogen-bond donors (Lipinski definition) is 2. The number of benzene rings is 1. The molecule has 0 atom stereocenters. The van der Waals surface area contributed by atoms with Crippen molar-refractivity contribution in [3.05, 3.63) is 28.2 Å². The number of hydrogen-bond acceptors (Lipinski definition) is 3. The molecule has 1 heterocycles. The zero-order chi connectivity index (χ0) is 9.26. The van der Waals surface area contributed by atoms with Gasteiger partial charge in [-0.2, -0.15) is 0 Å². The third-order valence-corrected chi connectivity index (χ3v) is 2.58. The van der Waals surface area contributed by atoms with Crippen LogP contribution < -0.4 is 11.1 Å². The summed E-state index contributed by atoms with van der Waals surface area (Å²) in [6, 6.07) is 5.73. The molecule has 4 heteroatoms. The molecule has 1 aromatic carbocycles. The van der Waals surface area contributed by atoms with Gasteiger partial charge >= 0.3 is 0 Å². The first-order valence-electron chi connectivity index (χ1n) is 4.11. The Morgan fingerprint density at radius 1 is 1.46 bits per heavy atom. The first-order valence-corrected chi connectivity index (χ1v) is 4.90. The smallest absolute Gasteiger partial charge is 0.129 e. The second kappa shape index (κ2) is 3.38. The Morgan fingerprint density at radius 3 is 2.92 bits per heavy atom. The summed E-state index contributed by atoms with van der Waals surface area (Å²) in [6.07, 6.45) is 0. The van der Waals surface area contributed by atoms with E-state index in [1.165, 1.54) is 0 Å². The minimum atomic E-state index is 0.759. The van der Waals surface area contributed by atoms with E-state index in [1.54, 1.807) is 0 Å². The molecule has 1 aliphatic rings. The van der Waals surface area contributed by atoms with E-state index in [0.717, 1.165) is 34.6 Å². The molecular weight excluding hydrogens is 230 g/mol. The number of nitrogens with two attached hydrogens (primary N) is 1. The van der Waals surface area contributed by atoms with Crippen LogP contribution in [0.25, 0.3) is 0 Å². The molecule has 13 heavy (non-hydrogen) atoms. The van der Waals surface area contributed by atoms with Gasteiger partial charge in [-0.1, -0.05) is 0 Å². The zero-order valence-electron chi connectivity index (χ0n) is 7.05. The maximum atomic E-state index is 5.64. The summed E-state index contributed by atoms with van der Waals surface area (Å²) in [5.74, 6) is 0.951. The Kier molecular flexibility index (Phi) is 2.22. The van der Waals surface area contributed by atoms with Crippen LogP contribution in [-0.2, 0) is 0 Å². The van der Waals surface area contributed by atoms with Crippen LogP contribution in [0.4, 0.5) is 5.69 Å². The molecule has 0 aromatic heterocycles. The lowest BCUT2D eigenvalue weighted by Crippen LogP contribution is -2.19. The Labute approximate surface area is 85.2 Å². The van der Waals surface area contributed by atoms with Crippen molar-refractivity contribution in [2.24, 2.45) is 4.99 Å². The number of halogens is 1. The molecule has 3 N–H and O–H groups in total. The predicted molar refractivity (Wildman–Crippen MR) is 58.0 cm³/mol. The molecule has 0 saturated heterocycles. The monoisotopic (exact) mass is 239 g/mol. The molecule has 3 nitrogen and oxygen atoms in total. The van der Waals surface area contributed by atoms with Crippen molar-refractivity contribution in [2.45, 2.75) is 0 Å². The lowest BCUT2D eigenvalue weighted by Gasteiger charge is -2.05. The van der Waals surface area contributed by atoms with E-state index in [4.69, 9.17) is 5.73 Å². The molecular formula is C9H10BrN3. The van der Waals surface area contributed by atoms with E-state index < -0.39 is 0 Å². The maximum Gasteiger partial charge on any atom is 0.129 e. The Hall–Kier alpha value is -1.03. The minimum Gasteiger partial charge on any atom is -0.399 e. The van der Waals surface area contributed by atoms with Crippen molar-refractivity contribution in [1.82, 2.24) is 5.32 Å². The summed E-state index contributed by atoms with van der Waals surface area (Å²) >= 11 is 3.46. The first-order chi connectivity index (χ1) is 6.27. The van der Waals surface area contributed by atoms with E-state index in [2.05, 4.69) is 26.2 Å². The normalized spacial score (nSPS) is 15.3. The highest BCUT2D eigenvalue weighted by Crippen LogP contribution is 2.20. The van der Waals surface area contributed by atoms with Gasteiger partial charge in [0, 0.05) is 22.3 Å². The van der Waals surface area contributed by atoms with Crippen LogP contribution >= 0.6 is 15.9 Å². The van der Waals surface area contributed by atoms with Gasteiger partial charge in [0.05, 0.1) is 6.54 Å². The van der Waals surface area contributed by atoms with Crippen LogP contribution in [0.2, 0.25) is 0 Å². The fourth-order valence-electron chi connectivity index (χ4n) is 1.30. The van der Waals surface area contributed by atoms with Gasteiger partial charge in [-0.3, -0.25) is 4.99 Å². The second-order valence-electron chi connectivity index (χ2n) is 2.90. The number of anilines is 1. The maximum absolute atomic E-state index is 5.64. The highest BCUT2D eigenvalue weighted by atomic mass is 79.9. The third kappa shape index (κ3) is 1.67. The quantitative estimate of drug-likeness (QED) is 0.728. The fourth-order valence-corrected chi connectivity index (χ4v) is 1.89. The van der Waals surface area contributed by atoms with E-state index >= 15 is 0 Å². The lowest BCUT2D eigenvalue weighted by molar-refractivity contribution is 0.960. The van der Waals surface area contributed by atoms with Gasteiger partial charge in [0.2, 0.25) is 0 Å². The summed E-state index contributed by atoms with van der Waals surface area (Å²) in [5.41, 5.74) is 7.47. The van der Waals surface area contributed by atoms with Crippen LogP contribution in [0.1, 0.15) is 5.56 Å². The molecule has 0 bridgehead atoms. The molecule has 0 unspecified atom stereocenters. The van der Waals surface area contributed by atoms with Crippen molar-refractivity contribution in [3.63, 3.8) is 0 Å². The van der Waals surface area contributed by atoms with Crippen molar-refractivity contribution in [1.29, 1.82) is 0 Å². The molecule has 2 rings (SSSR count). The largest absolute Gasteiger partial charge is 0.399 e. The number of amidine groups is 1. The van der Waals surface area contributed by atoms with Crippen LogP contribution in [0.5, 0.6) is 0 Å². The lowest BCUT2D eigenvalue weighted by atomic mass is 10.2. The second-order valence-corrected chi connectivity index (χ2v) is 3.75. The van der Waals surface area contributed by atoms with Gasteiger partial charge in [0.15, 0.2) is 0 Å². The molecule has 1 aromatic rings. The summed E-state index contributed by atoms with van der Waals surface area (Å²) < 4.78 is 0.987. The fraction of sp³-hybridized carbons (Fsp3) is 0.222. The van der Waals surface area contributed by atoms with Crippen molar-refractivity contribution in [2.75, 3.05) is 18.8 Å². The Morgan fingerprint density at radius 2 is 2.31 bits per heavy atom. The summed E-state index contributed by atoms with van der Waals surface area (Å²) in [7, 11) is 0. The first kappa shape index (κ1) is 8.56. The SMILES string of the molecule is Nc1ccc(C2=NCCN2)c(Br)c1. The Bertz CT molecular complexity index is 360. The van der Waals surface area contributed by atoms with E-state index in [0.29, 0.717) is 0 Å². The Balaban J connectivity index is 2.40. The molecule has 0 radical (unpaired) electrons. The van der Waals surface area contributed by atoms with Gasteiger partial charge in [-0.25, -0.2) is 0 Å². The van der Waals surface area contributed by atoms with Crippen LogP contribution in [-0.4, -0.2) is 18.9 Å². The van der Waals surface area contributed by atoms with Crippen molar-refractivity contribution < 1.29 is 0 Å². The van der Waals surface area contributed by atoms with Crippen molar-refractivity contribution in [3.8, 4) is 0 Å². The number of rotatable bonds is 1. The predicted octanol–water partition coefficient (Wildman–Crippen LogP) is 1.38. The van der Waals surface area contributed by atoms with Crippen LogP contribution in [0, 0.1) is 0 Å². The van der Waals surface area contributed by atoms with E-state index in [-0.39, 0.29) is 0 Å². The van der Waals surface area contributed by atoms with Gasteiger partial charge in [-0.05, 0) is 34.1 Å². The molecule has 0 saturated carbocycles. The number of nitrogens with zero attached hydrogens (tertiary/aromatic N) is 1. The number of aliphatic imine (C=N–C) groups is 1. The van der Waals surface area contributed by atoms with Gasteiger partial charge in [-0.15, -0.1) is 0 Å². The summed E-state index contributed by atoms with van der Waals surface area (Å²) in [6.45, 7) is 1.78. The number of nitrogen functional groups attached to an aromatic ring is 1. The molecule has 0 fully saturated rings. The standard InChI is InChI=1S/C9H10BrN3/c10-8-5-6(11)1-2-7(8)9-12-3-4-13-9/h1-2,5H,3-4,11H2,(H,12,13). The highest BCUT2D eigenvalue weighted by molar-refractivity contribution is 9.10. The van der Waals surface area contributed by atoms with E-state index in [1.807, 2.05) is 18.2 Å². The minimum absolute atomic E-state index is 0.759. The van der Waals surface area contributed by atoms with Crippen LogP contribution in [0.15, 0.2) is 27.7 Å². The molecule has 0 aliphatic carbocycles. The molecule has 68 valence electrons. The molecule has 0 spiro atoms. The number of nitrogens with one attached hydrogen (secondary N) is 1. The summed E-state index contributed by atoms with van der Waals surface area (Å²) in [4.78, 5) is 4.33. The molecule has 0 amide bonds. The average molecular weight is 240 g/mol. The average Bonchev–Trinajstić information content (AvgIpc) is 2.56. The third-order valence-electron chi connectivity index (χ3n) is 1.92. The van der Waals surface area contributed by atoms with Crippen molar-refractivity contribution >= 4 is 27.5 Å².